The molecule has 0 radical (unpaired) electrons. The number of fused-ring (bicyclic) bond motifs is 1. The monoisotopic (exact) mass is 323 g/mol. The Bertz CT molecular complexity index is 986. The highest BCUT2D eigenvalue weighted by molar-refractivity contribution is 5.94. The molecule has 120 valence electrons. The lowest BCUT2D eigenvalue weighted by atomic mass is 10.2. The van der Waals surface area contributed by atoms with E-state index >= 15 is 0 Å². The molecule has 3 heterocycles. The second kappa shape index (κ2) is 5.65. The van der Waals surface area contributed by atoms with Crippen molar-refractivity contribution in [1.82, 2.24) is 25.7 Å². The Morgan fingerprint density at radius 1 is 1.29 bits per heavy atom. The van der Waals surface area contributed by atoms with Gasteiger partial charge in [-0.2, -0.15) is 10.1 Å². The van der Waals surface area contributed by atoms with E-state index in [4.69, 9.17) is 8.94 Å². The molecule has 3 aromatic heterocycles. The van der Waals surface area contributed by atoms with Crippen LogP contribution in [0.3, 0.4) is 0 Å². The Kier molecular flexibility index (Phi) is 3.34. The first-order valence-electron chi connectivity index (χ1n) is 7.32. The van der Waals surface area contributed by atoms with Gasteiger partial charge in [0.1, 0.15) is 18.0 Å². The van der Waals surface area contributed by atoms with Crippen LogP contribution < -0.4 is 5.32 Å². The van der Waals surface area contributed by atoms with E-state index in [0.29, 0.717) is 23.0 Å². The minimum Gasteiger partial charge on any atom is -0.472 e. The Labute approximate surface area is 135 Å². The normalized spacial score (nSPS) is 12.4. The lowest BCUT2D eigenvalue weighted by molar-refractivity contribution is 0.0932. The number of aromatic amines is 1. The smallest absolute Gasteiger partial charge is 0.255 e. The molecule has 8 nitrogen and oxygen atoms in total. The first kappa shape index (κ1) is 14.2. The summed E-state index contributed by atoms with van der Waals surface area (Å²) >= 11 is 0. The Balaban J connectivity index is 1.57. The van der Waals surface area contributed by atoms with Crippen LogP contribution in [0.1, 0.15) is 29.2 Å². The molecule has 0 saturated carbocycles. The van der Waals surface area contributed by atoms with Gasteiger partial charge in [0, 0.05) is 5.39 Å². The number of rotatable bonds is 4. The Morgan fingerprint density at radius 3 is 3.00 bits per heavy atom. The Hall–Kier alpha value is -3.42. The van der Waals surface area contributed by atoms with Crippen LogP contribution in [-0.4, -0.2) is 26.2 Å². The van der Waals surface area contributed by atoms with E-state index in [2.05, 4.69) is 25.7 Å². The summed E-state index contributed by atoms with van der Waals surface area (Å²) in [4.78, 5) is 16.4. The fraction of sp³-hybridized carbons (Fsp3) is 0.125. The van der Waals surface area contributed by atoms with Crippen molar-refractivity contribution in [2.45, 2.75) is 13.0 Å². The molecule has 1 atom stereocenters. The van der Waals surface area contributed by atoms with Gasteiger partial charge in [0.05, 0.1) is 17.3 Å². The molecule has 0 aliphatic carbocycles. The number of furan rings is 1. The van der Waals surface area contributed by atoms with Gasteiger partial charge in [0.25, 0.3) is 5.91 Å². The molecule has 0 saturated heterocycles. The SMILES string of the molecule is CC(NC(=O)c1ccoc1)c1nc(-c2n[nH]c3ccccc23)no1. The number of carbonyl (C=O) groups excluding carboxylic acids is 1. The van der Waals surface area contributed by atoms with Crippen molar-refractivity contribution in [3.63, 3.8) is 0 Å². The largest absolute Gasteiger partial charge is 0.472 e. The molecule has 0 bridgehead atoms. The van der Waals surface area contributed by atoms with Gasteiger partial charge in [-0.1, -0.05) is 23.4 Å². The minimum atomic E-state index is -0.446. The maximum absolute atomic E-state index is 12.0. The number of benzene rings is 1. The van der Waals surface area contributed by atoms with Gasteiger partial charge in [-0.3, -0.25) is 9.89 Å². The third-order valence-electron chi connectivity index (χ3n) is 3.63. The fourth-order valence-electron chi connectivity index (χ4n) is 2.38. The number of nitrogens with zero attached hydrogens (tertiary/aromatic N) is 3. The summed E-state index contributed by atoms with van der Waals surface area (Å²) in [7, 11) is 0. The number of H-pyrrole nitrogens is 1. The van der Waals surface area contributed by atoms with E-state index in [1.54, 1.807) is 13.0 Å². The van der Waals surface area contributed by atoms with E-state index in [1.807, 2.05) is 24.3 Å². The topological polar surface area (TPSA) is 110 Å². The third-order valence-corrected chi connectivity index (χ3v) is 3.63. The van der Waals surface area contributed by atoms with Gasteiger partial charge in [-0.25, -0.2) is 0 Å². The first-order valence-corrected chi connectivity index (χ1v) is 7.32. The summed E-state index contributed by atoms with van der Waals surface area (Å²) in [6.07, 6.45) is 2.81. The first-order chi connectivity index (χ1) is 11.7. The molecule has 4 aromatic rings. The molecule has 4 rings (SSSR count). The second-order valence-corrected chi connectivity index (χ2v) is 5.28. The molecule has 0 aliphatic heterocycles. The number of para-hydroxylation sites is 1. The van der Waals surface area contributed by atoms with Crippen molar-refractivity contribution in [2.75, 3.05) is 0 Å². The third kappa shape index (κ3) is 2.43. The summed E-state index contributed by atoms with van der Waals surface area (Å²) in [6.45, 7) is 1.76. The maximum Gasteiger partial charge on any atom is 0.255 e. The zero-order valence-corrected chi connectivity index (χ0v) is 12.7. The zero-order valence-electron chi connectivity index (χ0n) is 12.7. The Morgan fingerprint density at radius 2 is 2.17 bits per heavy atom. The van der Waals surface area contributed by atoms with Crippen LogP contribution in [0.5, 0.6) is 0 Å². The van der Waals surface area contributed by atoms with Gasteiger partial charge in [-0.05, 0) is 19.1 Å². The van der Waals surface area contributed by atoms with Crippen LogP contribution >= 0.6 is 0 Å². The number of hydrogen-bond acceptors (Lipinski definition) is 6. The summed E-state index contributed by atoms with van der Waals surface area (Å²) in [5.74, 6) is 0.391. The molecule has 8 heteroatoms. The lowest BCUT2D eigenvalue weighted by Gasteiger charge is -2.07. The summed E-state index contributed by atoms with van der Waals surface area (Å²) < 4.78 is 10.2. The summed E-state index contributed by atoms with van der Waals surface area (Å²) in [5, 5.41) is 14.8. The average molecular weight is 323 g/mol. The van der Waals surface area contributed by atoms with Crippen LogP contribution in [0.2, 0.25) is 0 Å². The average Bonchev–Trinajstić information content (AvgIpc) is 3.33. The van der Waals surface area contributed by atoms with E-state index < -0.39 is 6.04 Å². The van der Waals surface area contributed by atoms with Crippen LogP contribution in [0.15, 0.2) is 51.8 Å². The van der Waals surface area contributed by atoms with Crippen molar-refractivity contribution >= 4 is 16.8 Å². The fourth-order valence-corrected chi connectivity index (χ4v) is 2.38. The number of carbonyl (C=O) groups is 1. The van der Waals surface area contributed by atoms with E-state index in [-0.39, 0.29) is 5.91 Å². The molecule has 1 amide bonds. The van der Waals surface area contributed by atoms with Crippen molar-refractivity contribution < 1.29 is 13.7 Å². The molecular formula is C16H13N5O3. The molecule has 1 aromatic carbocycles. The predicted octanol–water partition coefficient (Wildman–Crippen LogP) is 2.70. The highest BCUT2D eigenvalue weighted by atomic mass is 16.5. The lowest BCUT2D eigenvalue weighted by Crippen LogP contribution is -2.26. The number of hydrogen-bond donors (Lipinski definition) is 2. The highest BCUT2D eigenvalue weighted by Crippen LogP contribution is 2.24. The van der Waals surface area contributed by atoms with E-state index in [1.165, 1.54) is 12.5 Å². The number of nitrogens with one attached hydrogen (secondary N) is 2. The number of amides is 1. The molecule has 2 N–H and O–H groups in total. The zero-order chi connectivity index (χ0) is 16.5. The van der Waals surface area contributed by atoms with E-state index in [9.17, 15) is 4.79 Å². The van der Waals surface area contributed by atoms with Crippen LogP contribution in [0.25, 0.3) is 22.4 Å². The van der Waals surface area contributed by atoms with Crippen molar-refractivity contribution in [3.8, 4) is 11.5 Å². The van der Waals surface area contributed by atoms with Crippen LogP contribution in [0, 0.1) is 0 Å². The van der Waals surface area contributed by atoms with Gasteiger partial charge < -0.3 is 14.3 Å². The standard InChI is InChI=1S/C16H13N5O3/c1-9(17-15(22)10-6-7-23-8-10)16-18-14(21-24-16)13-11-4-2-3-5-12(11)19-20-13/h2-9H,1H3,(H,17,22)(H,19,20). The molecule has 0 fully saturated rings. The maximum atomic E-state index is 12.0. The quantitative estimate of drug-likeness (QED) is 0.597. The number of aromatic nitrogens is 4. The highest BCUT2D eigenvalue weighted by Gasteiger charge is 2.20. The van der Waals surface area contributed by atoms with Crippen molar-refractivity contribution in [3.05, 3.63) is 54.3 Å². The van der Waals surface area contributed by atoms with Crippen molar-refractivity contribution in [1.29, 1.82) is 0 Å². The molecular weight excluding hydrogens is 310 g/mol. The second-order valence-electron chi connectivity index (χ2n) is 5.28. The van der Waals surface area contributed by atoms with Crippen LogP contribution in [0.4, 0.5) is 0 Å². The van der Waals surface area contributed by atoms with Crippen molar-refractivity contribution in [2.24, 2.45) is 0 Å². The molecule has 1 unspecified atom stereocenters. The van der Waals surface area contributed by atoms with Gasteiger partial charge in [0.2, 0.25) is 11.7 Å². The van der Waals surface area contributed by atoms with Gasteiger partial charge in [0.15, 0.2) is 0 Å². The summed E-state index contributed by atoms with van der Waals surface area (Å²) in [6, 6.07) is 8.81. The van der Waals surface area contributed by atoms with Gasteiger partial charge in [-0.15, -0.1) is 0 Å². The van der Waals surface area contributed by atoms with Crippen LogP contribution in [-0.2, 0) is 0 Å². The summed E-state index contributed by atoms with van der Waals surface area (Å²) in [5.41, 5.74) is 1.93. The minimum absolute atomic E-state index is 0.277. The molecule has 0 aliphatic rings. The van der Waals surface area contributed by atoms with Gasteiger partial charge >= 0.3 is 0 Å². The van der Waals surface area contributed by atoms with E-state index in [0.717, 1.165) is 10.9 Å². The predicted molar refractivity (Wildman–Crippen MR) is 84.0 cm³/mol. The molecule has 24 heavy (non-hydrogen) atoms. The molecule has 0 spiro atoms.